The number of aromatic nitrogens is 2. The van der Waals surface area contributed by atoms with Crippen molar-refractivity contribution in [3.63, 3.8) is 0 Å². The number of benzene rings is 1. The van der Waals surface area contributed by atoms with Crippen molar-refractivity contribution in [3.05, 3.63) is 42.2 Å². The largest absolute Gasteiger partial charge is 0.493 e. The summed E-state index contributed by atoms with van der Waals surface area (Å²) in [5, 5.41) is 0. The number of rotatable bonds is 26. The Morgan fingerprint density at radius 3 is 1.70 bits per heavy atom. The van der Waals surface area contributed by atoms with Crippen molar-refractivity contribution in [1.82, 2.24) is 9.97 Å². The van der Waals surface area contributed by atoms with E-state index < -0.39 is 55.7 Å². The fourth-order valence-corrected chi connectivity index (χ4v) is 4.73. The highest BCUT2D eigenvalue weighted by Gasteiger charge is 2.85. The number of ether oxygens (including phenoxy) is 4. The van der Waals surface area contributed by atoms with Crippen LogP contribution in [0.1, 0.15) is 83.1 Å². The van der Waals surface area contributed by atoms with Crippen molar-refractivity contribution in [2.75, 3.05) is 19.8 Å². The van der Waals surface area contributed by atoms with Crippen LogP contribution >= 0.6 is 0 Å². The lowest BCUT2D eigenvalue weighted by Crippen LogP contribution is -2.64. The van der Waals surface area contributed by atoms with Crippen LogP contribution in [0.25, 0.3) is 11.4 Å². The first kappa shape index (κ1) is 47.1. The molecular formula is C33H39F15N2O4. The fourth-order valence-electron chi connectivity index (χ4n) is 4.73. The van der Waals surface area contributed by atoms with E-state index in [1.165, 1.54) is 19.3 Å². The van der Waals surface area contributed by atoms with E-state index >= 15 is 0 Å². The highest BCUT2D eigenvalue weighted by molar-refractivity contribution is 5.58. The second-order valence-corrected chi connectivity index (χ2v) is 12.1. The number of aryl methyl sites for hydroxylation is 1. The van der Waals surface area contributed by atoms with Crippen molar-refractivity contribution < 1.29 is 84.8 Å². The van der Waals surface area contributed by atoms with Crippen molar-refractivity contribution in [2.24, 2.45) is 0 Å². The van der Waals surface area contributed by atoms with Gasteiger partial charge in [-0.3, -0.25) is 0 Å². The molecule has 0 fully saturated rings. The Bertz CT molecular complexity index is 1400. The van der Waals surface area contributed by atoms with Gasteiger partial charge in [0.2, 0.25) is 0 Å². The van der Waals surface area contributed by atoms with Gasteiger partial charge < -0.3 is 9.47 Å². The number of nitrogens with zero attached hydrogens (tertiary/aromatic N) is 2. The SMILES string of the molecule is CCCCCCCCCCc1cc(-c2ncccn2)ccc1OCCCCCOCC(F)(F)OC(F)(F)C(F)(F)OC(F)(F)C(F)(F)C(F)(F)C(F)(F)F. The average Bonchev–Trinajstić information content (AvgIpc) is 3.06. The van der Waals surface area contributed by atoms with E-state index in [4.69, 9.17) is 4.74 Å². The fraction of sp³-hybridized carbons (Fsp3) is 0.697. The molecule has 0 bridgehead atoms. The molecule has 1 aromatic heterocycles. The first-order chi connectivity index (χ1) is 24.9. The van der Waals surface area contributed by atoms with Crippen LogP contribution in [0.2, 0.25) is 0 Å². The van der Waals surface area contributed by atoms with Crippen LogP contribution in [0, 0.1) is 0 Å². The molecule has 310 valence electrons. The summed E-state index contributed by atoms with van der Waals surface area (Å²) in [5.74, 6) is -14.6. The molecule has 1 heterocycles. The maximum atomic E-state index is 13.8. The molecule has 1 aromatic carbocycles. The van der Waals surface area contributed by atoms with Gasteiger partial charge in [-0.1, -0.05) is 51.9 Å². The Labute approximate surface area is 300 Å². The lowest BCUT2D eigenvalue weighted by Gasteiger charge is -2.36. The summed E-state index contributed by atoms with van der Waals surface area (Å²) in [5.41, 5.74) is 1.68. The lowest BCUT2D eigenvalue weighted by molar-refractivity contribution is -0.543. The van der Waals surface area contributed by atoms with Crippen LogP contribution in [0.15, 0.2) is 36.7 Å². The molecule has 0 saturated carbocycles. The topological polar surface area (TPSA) is 62.7 Å². The minimum atomic E-state index is -7.91. The van der Waals surface area contributed by atoms with E-state index in [0.717, 1.165) is 43.2 Å². The second kappa shape index (κ2) is 19.7. The molecule has 0 unspecified atom stereocenters. The quantitative estimate of drug-likeness (QED) is 0.0696. The maximum absolute atomic E-state index is 13.8. The monoisotopic (exact) mass is 812 g/mol. The molecule has 2 aromatic rings. The molecule has 0 radical (unpaired) electrons. The lowest BCUT2D eigenvalue weighted by atomic mass is 10.0. The van der Waals surface area contributed by atoms with Crippen molar-refractivity contribution in [3.8, 4) is 17.1 Å². The Morgan fingerprint density at radius 1 is 0.574 bits per heavy atom. The summed E-state index contributed by atoms with van der Waals surface area (Å²) >= 11 is 0. The Morgan fingerprint density at radius 2 is 1.11 bits per heavy atom. The standard InChI is InChI=1S/C33H39F15N2O4/c1-2-3-4-5-6-7-8-10-14-23-21-24(26-49-17-13-18-50-26)15-16-25(23)52-20-12-9-11-19-51-22-27(34,35)53-32(45,46)33(47,48)54-31(43,44)29(38,39)28(36,37)30(40,41)42/h13,15-18,21H,2-12,14,19-20,22H2,1H3. The highest BCUT2D eigenvalue weighted by atomic mass is 19.4. The second-order valence-electron chi connectivity index (χ2n) is 12.1. The molecule has 0 aliphatic rings. The van der Waals surface area contributed by atoms with Gasteiger partial charge in [-0.15, -0.1) is 0 Å². The van der Waals surface area contributed by atoms with Gasteiger partial charge in [0.1, 0.15) is 12.4 Å². The van der Waals surface area contributed by atoms with Crippen LogP contribution in [-0.2, 0) is 20.6 Å². The van der Waals surface area contributed by atoms with E-state index in [9.17, 15) is 65.9 Å². The molecule has 21 heteroatoms. The predicted octanol–water partition coefficient (Wildman–Crippen LogP) is 11.6. The smallest absolute Gasteiger partial charge is 0.460 e. The molecule has 0 spiro atoms. The summed E-state index contributed by atoms with van der Waals surface area (Å²) in [7, 11) is 0. The van der Waals surface area contributed by atoms with Crippen LogP contribution in [0.3, 0.4) is 0 Å². The normalized spacial score (nSPS) is 13.8. The van der Waals surface area contributed by atoms with Gasteiger partial charge in [-0.25, -0.2) is 19.4 Å². The zero-order chi connectivity index (χ0) is 40.9. The Hall–Kier alpha value is -3.07. The molecular weight excluding hydrogens is 773 g/mol. The highest BCUT2D eigenvalue weighted by Crippen LogP contribution is 2.56. The first-order valence-corrected chi connectivity index (χ1v) is 16.8. The van der Waals surface area contributed by atoms with Gasteiger partial charge in [0.05, 0.1) is 6.61 Å². The van der Waals surface area contributed by atoms with Crippen molar-refractivity contribution in [2.45, 2.75) is 126 Å². The summed E-state index contributed by atoms with van der Waals surface area (Å²) < 4.78 is 211. The third kappa shape index (κ3) is 13.3. The van der Waals surface area contributed by atoms with Gasteiger partial charge in [0, 0.05) is 24.6 Å². The molecule has 2 rings (SSSR count). The van der Waals surface area contributed by atoms with Crippen LogP contribution in [-0.4, -0.2) is 72.2 Å². The number of hydrogen-bond donors (Lipinski definition) is 0. The molecule has 0 aliphatic heterocycles. The van der Waals surface area contributed by atoms with E-state index in [-0.39, 0.29) is 19.4 Å². The van der Waals surface area contributed by atoms with Crippen molar-refractivity contribution in [1.29, 1.82) is 0 Å². The summed E-state index contributed by atoms with van der Waals surface area (Å²) in [6.07, 6.45) is -21.6. The average molecular weight is 813 g/mol. The zero-order valence-electron chi connectivity index (χ0n) is 28.8. The maximum Gasteiger partial charge on any atom is 0.460 e. The number of halogens is 15. The van der Waals surface area contributed by atoms with Gasteiger partial charge >= 0.3 is 42.5 Å². The van der Waals surface area contributed by atoms with E-state index in [1.54, 1.807) is 35.3 Å². The van der Waals surface area contributed by atoms with Crippen molar-refractivity contribution >= 4 is 0 Å². The van der Waals surface area contributed by atoms with E-state index in [0.29, 0.717) is 24.4 Å². The third-order valence-corrected chi connectivity index (χ3v) is 7.63. The van der Waals surface area contributed by atoms with Gasteiger partial charge in [-0.2, -0.15) is 65.9 Å². The van der Waals surface area contributed by atoms with Crippen LogP contribution in [0.5, 0.6) is 5.75 Å². The number of hydrogen-bond acceptors (Lipinski definition) is 6. The summed E-state index contributed by atoms with van der Waals surface area (Å²) in [6, 6.07) is 7.12. The van der Waals surface area contributed by atoms with Gasteiger partial charge in [0.15, 0.2) is 5.82 Å². The zero-order valence-corrected chi connectivity index (χ0v) is 28.8. The molecule has 0 amide bonds. The van der Waals surface area contributed by atoms with E-state index in [2.05, 4.69) is 26.4 Å². The minimum Gasteiger partial charge on any atom is -0.493 e. The molecule has 0 aliphatic carbocycles. The number of alkyl halides is 15. The molecule has 0 saturated heterocycles. The molecule has 54 heavy (non-hydrogen) atoms. The van der Waals surface area contributed by atoms with Crippen LogP contribution in [0.4, 0.5) is 65.9 Å². The van der Waals surface area contributed by atoms with E-state index in [1.807, 2.05) is 6.07 Å². The summed E-state index contributed by atoms with van der Waals surface area (Å²) in [4.78, 5) is 8.51. The first-order valence-electron chi connectivity index (χ1n) is 16.8. The number of unbranched alkanes of at least 4 members (excludes halogenated alkanes) is 9. The van der Waals surface area contributed by atoms with Gasteiger partial charge in [0.25, 0.3) is 0 Å². The molecule has 6 nitrogen and oxygen atoms in total. The van der Waals surface area contributed by atoms with Gasteiger partial charge in [-0.05, 0) is 61.9 Å². The molecule has 0 atom stereocenters. The summed E-state index contributed by atoms with van der Waals surface area (Å²) in [6.45, 7) is -0.561. The predicted molar refractivity (Wildman–Crippen MR) is 162 cm³/mol. The Kier molecular flexibility index (Phi) is 17.2. The van der Waals surface area contributed by atoms with Crippen LogP contribution < -0.4 is 4.74 Å². The molecule has 0 N–H and O–H groups in total. The minimum absolute atomic E-state index is 0.0285. The Balaban J connectivity index is 1.85. The third-order valence-electron chi connectivity index (χ3n) is 7.63.